The number of anilines is 2. The summed E-state index contributed by atoms with van der Waals surface area (Å²) in [5, 5.41) is 9.46. The van der Waals surface area contributed by atoms with Gasteiger partial charge in [-0.3, -0.25) is 4.79 Å². The largest absolute Gasteiger partial charge is 0.435 e. The molecule has 0 bridgehead atoms. The summed E-state index contributed by atoms with van der Waals surface area (Å²) in [5.41, 5.74) is 1.74. The summed E-state index contributed by atoms with van der Waals surface area (Å²) in [6.07, 6.45) is 0.642. The van der Waals surface area contributed by atoms with E-state index in [1.165, 1.54) is 23.5 Å². The Bertz CT molecular complexity index is 1060. The van der Waals surface area contributed by atoms with Gasteiger partial charge in [-0.2, -0.15) is 14.0 Å². The first-order valence-electron chi connectivity index (χ1n) is 8.34. The van der Waals surface area contributed by atoms with Crippen molar-refractivity contribution >= 4 is 28.4 Å². The molecule has 0 atom stereocenters. The summed E-state index contributed by atoms with van der Waals surface area (Å²) in [6, 6.07) is 12.0. The minimum Gasteiger partial charge on any atom is -0.435 e. The van der Waals surface area contributed by atoms with Gasteiger partial charge in [0, 0.05) is 16.6 Å². The van der Waals surface area contributed by atoms with Crippen LogP contribution in [0.15, 0.2) is 42.5 Å². The number of ether oxygens (including phenoxy) is 1. The van der Waals surface area contributed by atoms with Gasteiger partial charge in [0.15, 0.2) is 11.4 Å². The molecule has 0 saturated heterocycles. The van der Waals surface area contributed by atoms with E-state index in [1.54, 1.807) is 36.1 Å². The number of carbonyl (C=O) groups excluding carboxylic acids is 1. The number of nitrogens with zero attached hydrogens (tertiary/aromatic N) is 3. The Labute approximate surface area is 168 Å². The van der Waals surface area contributed by atoms with Crippen molar-refractivity contribution in [2.24, 2.45) is 0 Å². The van der Waals surface area contributed by atoms with Gasteiger partial charge in [0.1, 0.15) is 17.3 Å². The third kappa shape index (κ3) is 4.92. The molecule has 3 rings (SSSR count). The van der Waals surface area contributed by atoms with Gasteiger partial charge < -0.3 is 9.64 Å². The highest BCUT2D eigenvalue weighted by molar-refractivity contribution is 7.15. The lowest BCUT2D eigenvalue weighted by molar-refractivity contribution is -0.0500. The van der Waals surface area contributed by atoms with E-state index in [9.17, 15) is 18.0 Å². The number of thiazole rings is 1. The lowest BCUT2D eigenvalue weighted by Crippen LogP contribution is -2.17. The molecule has 0 aliphatic carbocycles. The van der Waals surface area contributed by atoms with Crippen LogP contribution in [0.25, 0.3) is 0 Å². The molecule has 0 amide bonds. The average molecular weight is 417 g/mol. The van der Waals surface area contributed by atoms with Crippen LogP contribution in [0.4, 0.5) is 24.0 Å². The molecule has 5 nitrogen and oxygen atoms in total. The first-order valence-corrected chi connectivity index (χ1v) is 9.16. The van der Waals surface area contributed by atoms with E-state index in [0.717, 1.165) is 6.07 Å². The molecule has 0 spiro atoms. The van der Waals surface area contributed by atoms with E-state index in [-0.39, 0.29) is 18.0 Å². The fraction of sp³-hybridized carbons (Fsp3) is 0.150. The van der Waals surface area contributed by atoms with Crippen LogP contribution in [0.1, 0.15) is 26.5 Å². The van der Waals surface area contributed by atoms with Crippen LogP contribution in [0.2, 0.25) is 0 Å². The first kappa shape index (κ1) is 20.4. The second-order valence-electron chi connectivity index (χ2n) is 5.97. The molecule has 0 aliphatic heterocycles. The van der Waals surface area contributed by atoms with Crippen LogP contribution < -0.4 is 9.64 Å². The van der Waals surface area contributed by atoms with Crippen molar-refractivity contribution in [3.8, 4) is 11.8 Å². The van der Waals surface area contributed by atoms with E-state index in [4.69, 9.17) is 5.26 Å². The maximum atomic E-state index is 13.9. The predicted molar refractivity (Wildman–Crippen MR) is 102 cm³/mol. The molecule has 29 heavy (non-hydrogen) atoms. The van der Waals surface area contributed by atoms with Gasteiger partial charge in [-0.25, -0.2) is 9.37 Å². The maximum Gasteiger partial charge on any atom is 0.387 e. The van der Waals surface area contributed by atoms with Gasteiger partial charge in [-0.15, -0.1) is 11.3 Å². The Morgan fingerprint density at radius 2 is 2.00 bits per heavy atom. The number of nitriles is 1. The number of hydrogen-bond acceptors (Lipinski definition) is 6. The molecule has 0 aliphatic rings. The van der Waals surface area contributed by atoms with E-state index < -0.39 is 12.4 Å². The lowest BCUT2D eigenvalue weighted by Gasteiger charge is -2.22. The van der Waals surface area contributed by atoms with Crippen molar-refractivity contribution in [2.75, 3.05) is 4.90 Å². The third-order valence-corrected chi connectivity index (χ3v) is 4.98. The smallest absolute Gasteiger partial charge is 0.387 e. The number of aryl methyl sites for hydroxylation is 1. The molecular weight excluding hydrogens is 403 g/mol. The van der Waals surface area contributed by atoms with E-state index in [1.807, 2.05) is 6.07 Å². The number of hydrogen-bond donors (Lipinski definition) is 0. The minimum atomic E-state index is -3.07. The molecule has 0 fully saturated rings. The first-order chi connectivity index (χ1) is 13.9. The number of aromatic nitrogens is 1. The van der Waals surface area contributed by atoms with Crippen LogP contribution in [0, 0.1) is 24.1 Å². The standard InChI is InChI=1S/C20H14F3N3O2S/c1-12-18(11-27)25-20(29-12)26(16-4-2-13(9-24)3-5-16)10-14-6-15(21)8-17(7-14)28-19(22)23/h2-8,11,19H,10H2,1H3. The van der Waals surface area contributed by atoms with Crippen molar-refractivity contribution in [3.63, 3.8) is 0 Å². The highest BCUT2D eigenvalue weighted by Crippen LogP contribution is 2.33. The van der Waals surface area contributed by atoms with Gasteiger partial charge in [-0.1, -0.05) is 0 Å². The van der Waals surface area contributed by atoms with Crippen molar-refractivity contribution in [3.05, 3.63) is 70.0 Å². The molecule has 0 saturated carbocycles. The molecule has 0 radical (unpaired) electrons. The molecule has 148 valence electrons. The van der Waals surface area contributed by atoms with Gasteiger partial charge in [0.25, 0.3) is 0 Å². The van der Waals surface area contributed by atoms with Gasteiger partial charge >= 0.3 is 6.61 Å². The topological polar surface area (TPSA) is 66.2 Å². The quantitative estimate of drug-likeness (QED) is 0.494. The zero-order valence-electron chi connectivity index (χ0n) is 15.1. The number of halogens is 3. The Balaban J connectivity index is 2.02. The molecule has 1 aromatic heterocycles. The fourth-order valence-electron chi connectivity index (χ4n) is 2.67. The summed E-state index contributed by atoms with van der Waals surface area (Å²) in [6.45, 7) is -1.25. The molecule has 2 aromatic carbocycles. The minimum absolute atomic E-state index is 0.0779. The van der Waals surface area contributed by atoms with Crippen molar-refractivity contribution in [1.29, 1.82) is 5.26 Å². The molecule has 0 N–H and O–H groups in total. The lowest BCUT2D eigenvalue weighted by atomic mass is 10.1. The van der Waals surface area contributed by atoms with Crippen molar-refractivity contribution in [1.82, 2.24) is 4.98 Å². The molecular formula is C20H14F3N3O2S. The van der Waals surface area contributed by atoms with Crippen molar-refractivity contribution in [2.45, 2.75) is 20.1 Å². The van der Waals surface area contributed by atoms with E-state index in [2.05, 4.69) is 9.72 Å². The molecule has 3 aromatic rings. The Hall–Kier alpha value is -3.38. The van der Waals surface area contributed by atoms with Gasteiger partial charge in [0.05, 0.1) is 18.2 Å². The summed E-state index contributed by atoms with van der Waals surface area (Å²) in [4.78, 5) is 17.9. The SMILES string of the molecule is Cc1sc(N(Cc2cc(F)cc(OC(F)F)c2)c2ccc(C#N)cc2)nc1C=O. The van der Waals surface area contributed by atoms with E-state index >= 15 is 0 Å². The number of benzene rings is 2. The third-order valence-electron chi connectivity index (χ3n) is 3.97. The number of rotatable bonds is 7. The second-order valence-corrected chi connectivity index (χ2v) is 7.16. The summed E-state index contributed by atoms with van der Waals surface area (Å²) in [7, 11) is 0. The normalized spacial score (nSPS) is 10.6. The van der Waals surface area contributed by atoms with Crippen LogP contribution in [0.3, 0.4) is 0 Å². The highest BCUT2D eigenvalue weighted by Gasteiger charge is 2.18. The zero-order valence-corrected chi connectivity index (χ0v) is 15.9. The van der Waals surface area contributed by atoms with Crippen LogP contribution in [-0.2, 0) is 6.54 Å². The summed E-state index contributed by atoms with van der Waals surface area (Å²) >= 11 is 1.26. The molecule has 9 heteroatoms. The fourth-order valence-corrected chi connectivity index (χ4v) is 3.57. The molecule has 1 heterocycles. The number of aldehydes is 1. The Kier molecular flexibility index (Phi) is 6.14. The Morgan fingerprint density at radius 1 is 1.28 bits per heavy atom. The Morgan fingerprint density at radius 3 is 2.59 bits per heavy atom. The number of carbonyl (C=O) groups is 1. The average Bonchev–Trinajstić information content (AvgIpc) is 3.05. The second kappa shape index (κ2) is 8.75. The highest BCUT2D eigenvalue weighted by atomic mass is 32.1. The number of alkyl halides is 2. The van der Waals surface area contributed by atoms with E-state index in [0.29, 0.717) is 33.1 Å². The predicted octanol–water partition coefficient (Wildman–Crippen LogP) is 5.21. The maximum absolute atomic E-state index is 13.9. The van der Waals surface area contributed by atoms with Gasteiger partial charge in [-0.05, 0) is 48.9 Å². The van der Waals surface area contributed by atoms with Crippen LogP contribution in [-0.4, -0.2) is 17.9 Å². The van der Waals surface area contributed by atoms with Crippen molar-refractivity contribution < 1.29 is 22.7 Å². The monoisotopic (exact) mass is 417 g/mol. The molecule has 0 unspecified atom stereocenters. The summed E-state index contributed by atoms with van der Waals surface area (Å²) in [5.74, 6) is -1.01. The van der Waals surface area contributed by atoms with Crippen LogP contribution >= 0.6 is 11.3 Å². The summed E-state index contributed by atoms with van der Waals surface area (Å²) < 4.78 is 43.3. The zero-order chi connectivity index (χ0) is 21.0. The van der Waals surface area contributed by atoms with Gasteiger partial charge in [0.2, 0.25) is 0 Å². The van der Waals surface area contributed by atoms with Crippen LogP contribution in [0.5, 0.6) is 5.75 Å².